The number of ether oxygens (including phenoxy) is 1. The molecule has 0 saturated carbocycles. The van der Waals surface area contributed by atoms with Crippen molar-refractivity contribution in [3.8, 4) is 0 Å². The number of para-hydroxylation sites is 1. The number of nitrogens with one attached hydrogen (secondary N) is 3. The lowest BCUT2D eigenvalue weighted by Gasteiger charge is -2.22. The Labute approximate surface area is 220 Å². The maximum absolute atomic E-state index is 12.8. The molecular formula is C28H39N3O4S. The molecule has 3 N–H and O–H groups in total. The number of thiol groups is 1. The van der Waals surface area contributed by atoms with E-state index in [2.05, 4.69) is 28.6 Å². The van der Waals surface area contributed by atoms with Gasteiger partial charge in [-0.3, -0.25) is 9.59 Å². The molecule has 0 bridgehead atoms. The third-order valence-corrected chi connectivity index (χ3v) is 5.76. The van der Waals surface area contributed by atoms with Crippen LogP contribution in [0.3, 0.4) is 0 Å². The van der Waals surface area contributed by atoms with Gasteiger partial charge in [0.25, 0.3) is 0 Å². The minimum atomic E-state index is -0.729. The second kappa shape index (κ2) is 16.8. The van der Waals surface area contributed by atoms with Gasteiger partial charge in [0, 0.05) is 12.2 Å². The van der Waals surface area contributed by atoms with Gasteiger partial charge in [0.05, 0.1) is 18.9 Å². The summed E-state index contributed by atoms with van der Waals surface area (Å²) < 4.78 is 5.17. The van der Waals surface area contributed by atoms with Gasteiger partial charge in [0.1, 0.15) is 6.04 Å². The highest BCUT2D eigenvalue weighted by atomic mass is 32.1. The summed E-state index contributed by atoms with van der Waals surface area (Å²) in [6, 6.07) is 16.4. The standard InChI is InChI=1S/C26H33N3O4.C2H6S/c1-2-33-26(32)23(15-14-19-9-4-3-5-10-19)28-24(30)17-20-11-6-7-13-22(20)29-25(31)21-12-8-16-27-18-21;1-2-3/h3-7,9-11,13,21,23,27H,2,8,12,14-18H2,1H3,(H,28,30)(H,29,31);3H,2H2,1H3. The number of amides is 2. The summed E-state index contributed by atoms with van der Waals surface area (Å²) in [6.45, 7) is 5.59. The van der Waals surface area contributed by atoms with Gasteiger partial charge in [-0.25, -0.2) is 4.79 Å². The molecule has 2 atom stereocenters. The Morgan fingerprint density at radius 1 is 1.08 bits per heavy atom. The summed E-state index contributed by atoms with van der Waals surface area (Å²) in [6.07, 6.45) is 2.97. The van der Waals surface area contributed by atoms with Crippen molar-refractivity contribution in [3.05, 3.63) is 65.7 Å². The number of hydrogen-bond donors (Lipinski definition) is 4. The van der Waals surface area contributed by atoms with Crippen molar-refractivity contribution in [1.82, 2.24) is 10.6 Å². The van der Waals surface area contributed by atoms with Crippen molar-refractivity contribution in [1.29, 1.82) is 0 Å². The van der Waals surface area contributed by atoms with E-state index in [1.165, 1.54) is 0 Å². The second-order valence-electron chi connectivity index (χ2n) is 8.58. The van der Waals surface area contributed by atoms with Crippen molar-refractivity contribution in [2.75, 3.05) is 30.8 Å². The summed E-state index contributed by atoms with van der Waals surface area (Å²) in [5.74, 6) is 0.101. The van der Waals surface area contributed by atoms with Crippen LogP contribution < -0.4 is 16.0 Å². The predicted molar refractivity (Wildman–Crippen MR) is 147 cm³/mol. The molecule has 2 aromatic rings. The van der Waals surface area contributed by atoms with Crippen LogP contribution in [0.2, 0.25) is 0 Å². The first-order valence-electron chi connectivity index (χ1n) is 12.7. The van der Waals surface area contributed by atoms with Crippen LogP contribution in [-0.4, -0.2) is 49.3 Å². The lowest BCUT2D eigenvalue weighted by atomic mass is 9.98. The van der Waals surface area contributed by atoms with Crippen LogP contribution >= 0.6 is 12.6 Å². The molecule has 2 aromatic carbocycles. The average molecular weight is 514 g/mol. The lowest BCUT2D eigenvalue weighted by Crippen LogP contribution is -2.43. The first-order valence-corrected chi connectivity index (χ1v) is 13.3. The van der Waals surface area contributed by atoms with Gasteiger partial charge in [-0.1, -0.05) is 55.5 Å². The van der Waals surface area contributed by atoms with E-state index in [4.69, 9.17) is 4.74 Å². The third kappa shape index (κ3) is 10.4. The molecule has 2 unspecified atom stereocenters. The van der Waals surface area contributed by atoms with Crippen LogP contribution in [0.4, 0.5) is 5.69 Å². The number of aryl methyl sites for hydroxylation is 1. The summed E-state index contributed by atoms with van der Waals surface area (Å²) in [5.41, 5.74) is 2.42. The van der Waals surface area contributed by atoms with Crippen molar-refractivity contribution < 1.29 is 19.1 Å². The first-order chi connectivity index (χ1) is 17.5. The van der Waals surface area contributed by atoms with Gasteiger partial charge in [-0.2, -0.15) is 12.6 Å². The molecule has 0 aromatic heterocycles. The number of carbonyl (C=O) groups excluding carboxylic acids is 3. The third-order valence-electron chi connectivity index (χ3n) is 5.76. The van der Waals surface area contributed by atoms with Crippen molar-refractivity contribution in [3.63, 3.8) is 0 Å². The number of carbonyl (C=O) groups is 3. The molecule has 7 nitrogen and oxygen atoms in total. The zero-order chi connectivity index (χ0) is 26.2. The molecule has 8 heteroatoms. The van der Waals surface area contributed by atoms with E-state index >= 15 is 0 Å². The largest absolute Gasteiger partial charge is 0.464 e. The van der Waals surface area contributed by atoms with Crippen molar-refractivity contribution in [2.24, 2.45) is 5.92 Å². The van der Waals surface area contributed by atoms with Crippen LogP contribution in [0.1, 0.15) is 44.2 Å². The highest BCUT2D eigenvalue weighted by Gasteiger charge is 2.24. The Hall–Kier alpha value is -2.84. The van der Waals surface area contributed by atoms with Crippen LogP contribution in [-0.2, 0) is 32.0 Å². The highest BCUT2D eigenvalue weighted by Crippen LogP contribution is 2.19. The van der Waals surface area contributed by atoms with E-state index in [1.807, 2.05) is 55.5 Å². The Bertz CT molecular complexity index is 949. The molecule has 1 aliphatic heterocycles. The van der Waals surface area contributed by atoms with E-state index < -0.39 is 12.0 Å². The fraction of sp³-hybridized carbons (Fsp3) is 0.464. The Morgan fingerprint density at radius 3 is 2.44 bits per heavy atom. The van der Waals surface area contributed by atoms with Crippen LogP contribution in [0.15, 0.2) is 54.6 Å². The predicted octanol–water partition coefficient (Wildman–Crippen LogP) is 3.78. The minimum absolute atomic E-state index is 0.0395. The summed E-state index contributed by atoms with van der Waals surface area (Å²) >= 11 is 3.79. The zero-order valence-corrected chi connectivity index (χ0v) is 22.2. The molecule has 0 spiro atoms. The fourth-order valence-corrected chi connectivity index (χ4v) is 3.97. The quantitative estimate of drug-likeness (QED) is 0.286. The summed E-state index contributed by atoms with van der Waals surface area (Å²) in [4.78, 5) is 37.9. The number of rotatable bonds is 10. The minimum Gasteiger partial charge on any atom is -0.464 e. The molecule has 1 heterocycles. The van der Waals surface area contributed by atoms with Gasteiger partial charge in [0.15, 0.2) is 0 Å². The molecule has 1 aliphatic rings. The summed E-state index contributed by atoms with van der Waals surface area (Å²) in [5, 5.41) is 9.05. The maximum Gasteiger partial charge on any atom is 0.328 e. The number of esters is 1. The maximum atomic E-state index is 12.8. The van der Waals surface area contributed by atoms with E-state index in [1.54, 1.807) is 13.0 Å². The Morgan fingerprint density at radius 2 is 1.78 bits per heavy atom. The Balaban J connectivity index is 0.00000145. The van der Waals surface area contributed by atoms with Gasteiger partial charge in [-0.05, 0) is 62.1 Å². The van der Waals surface area contributed by atoms with Crippen molar-refractivity contribution in [2.45, 2.75) is 52.0 Å². The molecule has 2 amide bonds. The zero-order valence-electron chi connectivity index (χ0n) is 21.3. The molecule has 3 rings (SSSR count). The number of benzene rings is 2. The molecule has 0 radical (unpaired) electrons. The van der Waals surface area contributed by atoms with Gasteiger partial charge in [-0.15, -0.1) is 0 Å². The van der Waals surface area contributed by atoms with E-state index in [-0.39, 0.29) is 30.8 Å². The van der Waals surface area contributed by atoms with E-state index in [0.29, 0.717) is 30.6 Å². The SMILES string of the molecule is CCOC(=O)C(CCc1ccccc1)NC(=O)Cc1ccccc1NC(=O)C1CCCNC1.CCS. The molecule has 196 valence electrons. The lowest BCUT2D eigenvalue weighted by molar-refractivity contribution is -0.147. The van der Waals surface area contributed by atoms with E-state index in [9.17, 15) is 14.4 Å². The van der Waals surface area contributed by atoms with Crippen LogP contribution in [0, 0.1) is 5.92 Å². The molecule has 36 heavy (non-hydrogen) atoms. The fourth-order valence-electron chi connectivity index (χ4n) is 3.97. The average Bonchev–Trinajstić information content (AvgIpc) is 2.89. The van der Waals surface area contributed by atoms with Crippen LogP contribution in [0.5, 0.6) is 0 Å². The monoisotopic (exact) mass is 513 g/mol. The van der Waals surface area contributed by atoms with Gasteiger partial charge < -0.3 is 20.7 Å². The number of anilines is 1. The van der Waals surface area contributed by atoms with Gasteiger partial charge in [0.2, 0.25) is 11.8 Å². The number of hydrogen-bond acceptors (Lipinski definition) is 6. The normalized spacial score (nSPS) is 15.6. The topological polar surface area (TPSA) is 96.5 Å². The van der Waals surface area contributed by atoms with Crippen molar-refractivity contribution >= 4 is 36.1 Å². The smallest absolute Gasteiger partial charge is 0.328 e. The Kier molecular flexibility index (Phi) is 13.7. The summed E-state index contributed by atoms with van der Waals surface area (Å²) in [7, 11) is 0. The highest BCUT2D eigenvalue weighted by molar-refractivity contribution is 7.80. The molecular weight excluding hydrogens is 474 g/mol. The molecule has 1 saturated heterocycles. The molecule has 1 fully saturated rings. The second-order valence-corrected chi connectivity index (χ2v) is 9.21. The van der Waals surface area contributed by atoms with E-state index in [0.717, 1.165) is 30.7 Å². The van der Waals surface area contributed by atoms with Crippen LogP contribution in [0.25, 0.3) is 0 Å². The molecule has 0 aliphatic carbocycles. The first kappa shape index (κ1) is 29.4. The number of piperidine rings is 1. The van der Waals surface area contributed by atoms with Gasteiger partial charge >= 0.3 is 5.97 Å².